The number of rotatable bonds is 43. The Bertz CT molecular complexity index is 870. The maximum absolute atomic E-state index is 12.8. The summed E-state index contributed by atoms with van der Waals surface area (Å²) in [7, 11) is 0. The molecule has 2 atom stereocenters. The van der Waals surface area contributed by atoms with Crippen molar-refractivity contribution in [3.8, 4) is 0 Å². The molecule has 0 fully saturated rings. The molecule has 1 unspecified atom stereocenters. The second-order valence-corrected chi connectivity index (χ2v) is 18.3. The van der Waals surface area contributed by atoms with Gasteiger partial charge in [-0.25, -0.2) is 0 Å². The zero-order chi connectivity index (χ0) is 41.3. The summed E-state index contributed by atoms with van der Waals surface area (Å²) in [5.74, 6) is 1.62. The second-order valence-electron chi connectivity index (χ2n) is 18.3. The molecular formula is C50H96O6. The molecule has 0 aromatic heterocycles. The van der Waals surface area contributed by atoms with Crippen LogP contribution in [0.3, 0.4) is 0 Å². The van der Waals surface area contributed by atoms with Crippen molar-refractivity contribution in [3.63, 3.8) is 0 Å². The van der Waals surface area contributed by atoms with E-state index in [1.165, 1.54) is 148 Å². The van der Waals surface area contributed by atoms with Crippen LogP contribution in [0.15, 0.2) is 0 Å². The van der Waals surface area contributed by atoms with Crippen LogP contribution in [-0.4, -0.2) is 37.2 Å². The topological polar surface area (TPSA) is 78.9 Å². The highest BCUT2D eigenvalue weighted by Gasteiger charge is 2.19. The van der Waals surface area contributed by atoms with Crippen LogP contribution in [0.1, 0.15) is 266 Å². The highest BCUT2D eigenvalue weighted by molar-refractivity contribution is 5.71. The predicted octanol–water partition coefficient (Wildman–Crippen LogP) is 15.6. The normalized spacial score (nSPS) is 12.6. The minimum atomic E-state index is -0.762. The molecule has 0 amide bonds. The molecule has 0 aliphatic carbocycles. The quantitative estimate of drug-likeness (QED) is 0.0348. The molecule has 0 saturated heterocycles. The van der Waals surface area contributed by atoms with E-state index < -0.39 is 6.10 Å². The Hall–Kier alpha value is -1.59. The van der Waals surface area contributed by atoms with Gasteiger partial charge in [-0.2, -0.15) is 0 Å². The zero-order valence-corrected chi connectivity index (χ0v) is 38.4. The highest BCUT2D eigenvalue weighted by atomic mass is 16.6. The minimum Gasteiger partial charge on any atom is -0.462 e. The maximum Gasteiger partial charge on any atom is 0.306 e. The van der Waals surface area contributed by atoms with Gasteiger partial charge in [0.25, 0.3) is 0 Å². The molecule has 0 rings (SSSR count). The molecular weight excluding hydrogens is 697 g/mol. The first-order valence-corrected chi connectivity index (χ1v) is 24.6. The summed E-state index contributed by atoms with van der Waals surface area (Å²) >= 11 is 0. The van der Waals surface area contributed by atoms with Gasteiger partial charge in [-0.3, -0.25) is 14.4 Å². The number of unbranched alkanes of at least 4 members (excludes halogenated alkanes) is 25. The third-order valence-corrected chi connectivity index (χ3v) is 11.5. The lowest BCUT2D eigenvalue weighted by atomic mass is 9.99. The molecule has 332 valence electrons. The van der Waals surface area contributed by atoms with E-state index in [1.54, 1.807) is 0 Å². The molecule has 0 aromatic carbocycles. The van der Waals surface area contributed by atoms with Gasteiger partial charge in [0.2, 0.25) is 0 Å². The van der Waals surface area contributed by atoms with Gasteiger partial charge in [0.15, 0.2) is 6.10 Å². The smallest absolute Gasteiger partial charge is 0.306 e. The molecule has 56 heavy (non-hydrogen) atoms. The van der Waals surface area contributed by atoms with E-state index in [-0.39, 0.29) is 31.1 Å². The molecule has 0 heterocycles. The molecule has 0 N–H and O–H groups in total. The Balaban J connectivity index is 4.34. The molecule has 6 heteroatoms. The van der Waals surface area contributed by atoms with Crippen molar-refractivity contribution in [2.45, 2.75) is 272 Å². The van der Waals surface area contributed by atoms with E-state index in [0.717, 1.165) is 75.5 Å². The van der Waals surface area contributed by atoms with Crippen LogP contribution < -0.4 is 0 Å². The summed E-state index contributed by atoms with van der Waals surface area (Å²) in [5, 5.41) is 0. The lowest BCUT2D eigenvalue weighted by Gasteiger charge is -2.18. The Morgan fingerprint density at radius 3 is 0.929 bits per heavy atom. The van der Waals surface area contributed by atoms with Gasteiger partial charge in [0.05, 0.1) is 0 Å². The Morgan fingerprint density at radius 1 is 0.357 bits per heavy atom. The number of hydrogen-bond acceptors (Lipinski definition) is 6. The van der Waals surface area contributed by atoms with E-state index in [0.29, 0.717) is 19.3 Å². The molecule has 0 spiro atoms. The summed E-state index contributed by atoms with van der Waals surface area (Å²) < 4.78 is 16.8. The predicted molar refractivity (Wildman–Crippen MR) is 238 cm³/mol. The highest BCUT2D eigenvalue weighted by Crippen LogP contribution is 2.18. The zero-order valence-electron chi connectivity index (χ0n) is 38.4. The first-order valence-electron chi connectivity index (χ1n) is 24.6. The first-order chi connectivity index (χ1) is 27.1. The lowest BCUT2D eigenvalue weighted by molar-refractivity contribution is -0.167. The molecule has 0 aromatic rings. The summed E-state index contributed by atoms with van der Waals surface area (Å²) in [6.45, 7) is 13.7. The fourth-order valence-corrected chi connectivity index (χ4v) is 7.38. The Kier molecular flexibility index (Phi) is 40.4. The van der Waals surface area contributed by atoms with Crippen molar-refractivity contribution in [2.75, 3.05) is 13.2 Å². The monoisotopic (exact) mass is 793 g/mol. The van der Waals surface area contributed by atoms with Gasteiger partial charge in [0.1, 0.15) is 13.2 Å². The summed E-state index contributed by atoms with van der Waals surface area (Å²) in [4.78, 5) is 37.8. The Morgan fingerprint density at radius 2 is 0.625 bits per heavy atom. The molecule has 6 nitrogen and oxygen atoms in total. The molecule has 0 saturated carbocycles. The fourth-order valence-electron chi connectivity index (χ4n) is 7.38. The molecule has 0 bridgehead atoms. The molecule has 0 aliphatic rings. The van der Waals surface area contributed by atoms with Crippen LogP contribution in [0, 0.1) is 17.8 Å². The van der Waals surface area contributed by atoms with Crippen LogP contribution in [0.25, 0.3) is 0 Å². The van der Waals surface area contributed by atoms with Crippen LogP contribution in [0.4, 0.5) is 0 Å². The van der Waals surface area contributed by atoms with E-state index in [9.17, 15) is 14.4 Å². The maximum atomic E-state index is 12.8. The van der Waals surface area contributed by atoms with Gasteiger partial charge in [-0.15, -0.1) is 0 Å². The van der Waals surface area contributed by atoms with Gasteiger partial charge < -0.3 is 14.2 Å². The van der Waals surface area contributed by atoms with Crippen LogP contribution in [-0.2, 0) is 28.6 Å². The fraction of sp³-hybridized carbons (Fsp3) is 0.940. The van der Waals surface area contributed by atoms with E-state index >= 15 is 0 Å². The standard InChI is InChI=1S/C50H96O6/c1-7-46(6)38-32-26-20-15-17-22-28-34-40-49(52)55-43-47(42-54-48(51)39-33-27-21-16-14-19-25-31-37-45(4)5)56-50(53)41-35-29-23-13-11-9-8-10-12-18-24-30-36-44(2)3/h44-47H,7-43H2,1-6H3/t46?,47-/m1/s1. The van der Waals surface area contributed by atoms with Crippen molar-refractivity contribution in [1.29, 1.82) is 0 Å². The first kappa shape index (κ1) is 54.4. The van der Waals surface area contributed by atoms with Crippen molar-refractivity contribution in [1.82, 2.24) is 0 Å². The third-order valence-electron chi connectivity index (χ3n) is 11.5. The third kappa shape index (κ3) is 42.0. The van der Waals surface area contributed by atoms with Crippen LogP contribution >= 0.6 is 0 Å². The van der Waals surface area contributed by atoms with Gasteiger partial charge in [-0.1, -0.05) is 228 Å². The van der Waals surface area contributed by atoms with E-state index in [1.807, 2.05) is 0 Å². The van der Waals surface area contributed by atoms with Gasteiger partial charge in [0, 0.05) is 19.3 Å². The van der Waals surface area contributed by atoms with E-state index in [2.05, 4.69) is 41.5 Å². The van der Waals surface area contributed by atoms with Gasteiger partial charge >= 0.3 is 17.9 Å². The lowest BCUT2D eigenvalue weighted by Crippen LogP contribution is -2.30. The van der Waals surface area contributed by atoms with Crippen molar-refractivity contribution in [3.05, 3.63) is 0 Å². The number of hydrogen-bond donors (Lipinski definition) is 0. The number of carbonyl (C=O) groups excluding carboxylic acids is 3. The van der Waals surface area contributed by atoms with E-state index in [4.69, 9.17) is 14.2 Å². The van der Waals surface area contributed by atoms with Crippen molar-refractivity contribution >= 4 is 17.9 Å². The summed E-state index contributed by atoms with van der Waals surface area (Å²) in [5.41, 5.74) is 0. The second kappa shape index (κ2) is 41.6. The number of ether oxygens (including phenoxy) is 3. The summed E-state index contributed by atoms with van der Waals surface area (Å²) in [6.07, 6.45) is 39.4. The SMILES string of the molecule is CCC(C)CCCCCCCCCCC(=O)OC[C@@H](COC(=O)CCCCCCCCCCC(C)C)OC(=O)CCCCCCCCCCCCCCC(C)C. The van der Waals surface area contributed by atoms with Crippen molar-refractivity contribution in [2.24, 2.45) is 17.8 Å². The summed E-state index contributed by atoms with van der Waals surface area (Å²) in [6, 6.07) is 0. The molecule has 0 aliphatic heterocycles. The number of esters is 3. The largest absolute Gasteiger partial charge is 0.462 e. The van der Waals surface area contributed by atoms with Crippen molar-refractivity contribution < 1.29 is 28.6 Å². The number of carbonyl (C=O) groups is 3. The molecule has 0 radical (unpaired) electrons. The Labute approximate surface area is 348 Å². The van der Waals surface area contributed by atoms with Crippen LogP contribution in [0.2, 0.25) is 0 Å². The minimum absolute atomic E-state index is 0.0659. The average molecular weight is 793 g/mol. The van der Waals surface area contributed by atoms with Crippen LogP contribution in [0.5, 0.6) is 0 Å². The average Bonchev–Trinajstić information content (AvgIpc) is 3.16. The van der Waals surface area contributed by atoms with Gasteiger partial charge in [-0.05, 0) is 37.0 Å².